The molecule has 1 aromatic rings. The summed E-state index contributed by atoms with van der Waals surface area (Å²) in [4.78, 5) is 0.242. The lowest BCUT2D eigenvalue weighted by atomic mass is 10.1. The fourth-order valence-electron chi connectivity index (χ4n) is 2.51. The van der Waals surface area contributed by atoms with Crippen molar-refractivity contribution in [2.75, 3.05) is 19.8 Å². The molecule has 2 rings (SSSR count). The Hall–Kier alpha value is -0.470. The topological polar surface area (TPSA) is 66.8 Å². The quantitative estimate of drug-likeness (QED) is 0.836. The minimum Gasteiger partial charge on any atom is -0.389 e. The van der Waals surface area contributed by atoms with E-state index in [9.17, 15) is 13.5 Å². The number of aliphatic hydroxyl groups is 1. The molecule has 1 fully saturated rings. The van der Waals surface area contributed by atoms with E-state index in [0.29, 0.717) is 26.1 Å². The van der Waals surface area contributed by atoms with Crippen LogP contribution >= 0.6 is 15.9 Å². The van der Waals surface area contributed by atoms with Crippen molar-refractivity contribution in [2.24, 2.45) is 0 Å². The van der Waals surface area contributed by atoms with Crippen LogP contribution in [0.2, 0.25) is 0 Å². The summed E-state index contributed by atoms with van der Waals surface area (Å²) < 4.78 is 33.5. The zero-order chi connectivity index (χ0) is 16.4. The normalized spacial score (nSPS) is 17.9. The first-order valence-electron chi connectivity index (χ1n) is 7.28. The van der Waals surface area contributed by atoms with Gasteiger partial charge in [0.1, 0.15) is 0 Å². The van der Waals surface area contributed by atoms with Gasteiger partial charge in [0.25, 0.3) is 0 Å². The summed E-state index contributed by atoms with van der Waals surface area (Å²) in [6.45, 7) is 4.40. The summed E-state index contributed by atoms with van der Waals surface area (Å²) >= 11 is 3.31. The molecule has 0 spiro atoms. The third-order valence-electron chi connectivity index (χ3n) is 3.56. The number of ether oxygens (including phenoxy) is 1. The van der Waals surface area contributed by atoms with Crippen LogP contribution in [0, 0.1) is 0 Å². The highest BCUT2D eigenvalue weighted by atomic mass is 79.9. The van der Waals surface area contributed by atoms with Crippen molar-refractivity contribution in [3.63, 3.8) is 0 Å². The number of nitrogens with zero attached hydrogens (tertiary/aromatic N) is 1. The molecular weight excluding hydrogens is 370 g/mol. The maximum absolute atomic E-state index is 13.0. The number of hydrogen-bond acceptors (Lipinski definition) is 4. The van der Waals surface area contributed by atoms with Crippen molar-refractivity contribution in [1.82, 2.24) is 4.31 Å². The van der Waals surface area contributed by atoms with Crippen LogP contribution in [0.4, 0.5) is 0 Å². The molecule has 22 heavy (non-hydrogen) atoms. The highest BCUT2D eigenvalue weighted by Crippen LogP contribution is 2.26. The molecule has 7 heteroatoms. The third-order valence-corrected chi connectivity index (χ3v) is 6.00. The first-order chi connectivity index (χ1) is 10.2. The second kappa shape index (κ2) is 6.97. The Labute approximate surface area is 140 Å². The van der Waals surface area contributed by atoms with E-state index >= 15 is 0 Å². The van der Waals surface area contributed by atoms with Gasteiger partial charge < -0.3 is 9.84 Å². The van der Waals surface area contributed by atoms with Crippen molar-refractivity contribution in [3.8, 4) is 0 Å². The van der Waals surface area contributed by atoms with Crippen LogP contribution in [0.15, 0.2) is 33.6 Å². The molecule has 0 saturated carbocycles. The van der Waals surface area contributed by atoms with E-state index < -0.39 is 15.6 Å². The second-order valence-electron chi connectivity index (χ2n) is 6.16. The number of sulfonamides is 1. The Bertz CT molecular complexity index is 589. The fraction of sp³-hybridized carbons (Fsp3) is 0.600. The van der Waals surface area contributed by atoms with Crippen LogP contribution in [0.5, 0.6) is 0 Å². The summed E-state index contributed by atoms with van der Waals surface area (Å²) in [6, 6.07) is 6.43. The van der Waals surface area contributed by atoms with E-state index in [2.05, 4.69) is 15.9 Å². The number of halogens is 1. The van der Waals surface area contributed by atoms with Crippen LogP contribution in [0.1, 0.15) is 26.7 Å². The van der Waals surface area contributed by atoms with Gasteiger partial charge >= 0.3 is 0 Å². The molecule has 1 aromatic carbocycles. The predicted molar refractivity (Wildman–Crippen MR) is 88.2 cm³/mol. The first-order valence-corrected chi connectivity index (χ1v) is 9.51. The van der Waals surface area contributed by atoms with Crippen molar-refractivity contribution < 1.29 is 18.3 Å². The van der Waals surface area contributed by atoms with Gasteiger partial charge in [0.2, 0.25) is 10.0 Å². The SMILES string of the molecule is CC(C)(O)CN(C1CCOCC1)S(=O)(=O)c1ccc(Br)cc1. The summed E-state index contributed by atoms with van der Waals surface area (Å²) in [7, 11) is -3.65. The zero-order valence-corrected chi connectivity index (χ0v) is 15.2. The average Bonchev–Trinajstić information content (AvgIpc) is 2.45. The minimum absolute atomic E-state index is 0.0655. The van der Waals surface area contributed by atoms with Gasteiger partial charge in [-0.1, -0.05) is 15.9 Å². The van der Waals surface area contributed by atoms with Gasteiger partial charge in [-0.15, -0.1) is 0 Å². The van der Waals surface area contributed by atoms with Crippen molar-refractivity contribution >= 4 is 26.0 Å². The Morgan fingerprint density at radius 3 is 2.32 bits per heavy atom. The summed E-state index contributed by atoms with van der Waals surface area (Å²) in [5.74, 6) is 0. The van der Waals surface area contributed by atoms with Gasteiger partial charge in [0, 0.05) is 30.3 Å². The lowest BCUT2D eigenvalue weighted by Gasteiger charge is -2.36. The van der Waals surface area contributed by atoms with E-state index in [4.69, 9.17) is 4.74 Å². The number of benzene rings is 1. The lowest BCUT2D eigenvalue weighted by Crippen LogP contribution is -2.49. The largest absolute Gasteiger partial charge is 0.389 e. The number of rotatable bonds is 5. The Morgan fingerprint density at radius 1 is 1.27 bits per heavy atom. The standard InChI is InChI=1S/C15H22BrNO4S/c1-15(2,18)11-17(13-7-9-21-10-8-13)22(19,20)14-5-3-12(16)4-6-14/h3-6,13,18H,7-11H2,1-2H3. The third kappa shape index (κ3) is 4.52. The molecule has 124 valence electrons. The van der Waals surface area contributed by atoms with Crippen LogP contribution in [0.3, 0.4) is 0 Å². The van der Waals surface area contributed by atoms with E-state index in [1.165, 1.54) is 4.31 Å². The highest BCUT2D eigenvalue weighted by Gasteiger charge is 2.35. The fourth-order valence-corrected chi connectivity index (χ4v) is 4.61. The molecule has 1 saturated heterocycles. The Morgan fingerprint density at radius 2 is 1.82 bits per heavy atom. The molecule has 1 heterocycles. The van der Waals surface area contributed by atoms with Gasteiger partial charge in [-0.25, -0.2) is 8.42 Å². The molecule has 5 nitrogen and oxygen atoms in total. The predicted octanol–water partition coefficient (Wildman–Crippen LogP) is 2.39. The van der Waals surface area contributed by atoms with Crippen molar-refractivity contribution in [2.45, 2.75) is 43.2 Å². The molecule has 0 bridgehead atoms. The monoisotopic (exact) mass is 391 g/mol. The van der Waals surface area contributed by atoms with Gasteiger partial charge in [0.05, 0.1) is 10.5 Å². The van der Waals surface area contributed by atoms with Crippen LogP contribution < -0.4 is 0 Å². The van der Waals surface area contributed by atoms with E-state index in [-0.39, 0.29) is 17.5 Å². The molecule has 0 radical (unpaired) electrons. The first kappa shape index (κ1) is 17.9. The molecule has 0 aromatic heterocycles. The molecule has 0 unspecified atom stereocenters. The Kier molecular flexibility index (Phi) is 5.66. The Balaban J connectivity index is 2.35. The molecule has 1 N–H and O–H groups in total. The lowest BCUT2D eigenvalue weighted by molar-refractivity contribution is 0.0190. The summed E-state index contributed by atoms with van der Waals surface area (Å²) in [5.41, 5.74) is -1.10. The smallest absolute Gasteiger partial charge is 0.243 e. The van der Waals surface area contributed by atoms with Gasteiger partial charge in [-0.05, 0) is 51.0 Å². The van der Waals surface area contributed by atoms with Crippen LogP contribution in [-0.4, -0.2) is 49.2 Å². The molecule has 0 amide bonds. The molecule has 0 aliphatic carbocycles. The minimum atomic E-state index is -3.65. The highest BCUT2D eigenvalue weighted by molar-refractivity contribution is 9.10. The van der Waals surface area contributed by atoms with Gasteiger partial charge in [-0.2, -0.15) is 4.31 Å². The average molecular weight is 392 g/mol. The zero-order valence-electron chi connectivity index (χ0n) is 12.8. The maximum Gasteiger partial charge on any atom is 0.243 e. The van der Waals surface area contributed by atoms with Crippen LogP contribution in [0.25, 0.3) is 0 Å². The van der Waals surface area contributed by atoms with Crippen molar-refractivity contribution in [3.05, 3.63) is 28.7 Å². The van der Waals surface area contributed by atoms with E-state index in [0.717, 1.165) is 4.47 Å². The van der Waals surface area contributed by atoms with Crippen LogP contribution in [-0.2, 0) is 14.8 Å². The molecule has 0 atom stereocenters. The van der Waals surface area contributed by atoms with Gasteiger partial charge in [-0.3, -0.25) is 0 Å². The second-order valence-corrected chi connectivity index (χ2v) is 8.97. The van der Waals surface area contributed by atoms with Crippen molar-refractivity contribution in [1.29, 1.82) is 0 Å². The maximum atomic E-state index is 13.0. The molecule has 1 aliphatic rings. The summed E-state index contributed by atoms with van der Waals surface area (Å²) in [5, 5.41) is 10.1. The molecule has 1 aliphatic heterocycles. The van der Waals surface area contributed by atoms with E-state index in [1.54, 1.807) is 38.1 Å². The summed E-state index contributed by atoms with van der Waals surface area (Å²) in [6.07, 6.45) is 1.29. The van der Waals surface area contributed by atoms with E-state index in [1.807, 2.05) is 0 Å². The molecular formula is C15H22BrNO4S. The van der Waals surface area contributed by atoms with Gasteiger partial charge in [0.15, 0.2) is 0 Å². The number of hydrogen-bond donors (Lipinski definition) is 1.